The normalized spacial score (nSPS) is 15.1. The van der Waals surface area contributed by atoms with E-state index in [4.69, 9.17) is 25.8 Å². The maximum Gasteiger partial charge on any atom is 0.332 e. The Labute approximate surface area is 219 Å². The smallest absolute Gasteiger partial charge is 0.332 e. The molecule has 1 N–H and O–H groups in total. The van der Waals surface area contributed by atoms with Crippen molar-refractivity contribution < 1.29 is 28.6 Å². The van der Waals surface area contributed by atoms with Crippen LogP contribution in [0.15, 0.2) is 66.7 Å². The second-order valence-corrected chi connectivity index (χ2v) is 8.71. The first-order valence-corrected chi connectivity index (χ1v) is 11.8. The van der Waals surface area contributed by atoms with Crippen LogP contribution in [0.4, 0.5) is 16.2 Å². The summed E-state index contributed by atoms with van der Waals surface area (Å²) in [5.41, 5.74) is 1.59. The predicted octanol–water partition coefficient (Wildman–Crippen LogP) is 4.73. The van der Waals surface area contributed by atoms with Gasteiger partial charge in [0.05, 0.1) is 33.4 Å². The minimum atomic E-state index is -1.02. The first kappa shape index (κ1) is 25.8. The Balaban J connectivity index is 1.60. The van der Waals surface area contributed by atoms with E-state index in [-0.39, 0.29) is 13.0 Å². The van der Waals surface area contributed by atoms with Crippen molar-refractivity contribution in [2.75, 3.05) is 31.5 Å². The molecule has 1 aliphatic rings. The summed E-state index contributed by atoms with van der Waals surface area (Å²) < 4.78 is 15.7. The zero-order valence-electron chi connectivity index (χ0n) is 20.6. The fourth-order valence-corrected chi connectivity index (χ4v) is 4.16. The highest BCUT2D eigenvalue weighted by Crippen LogP contribution is 2.31. The van der Waals surface area contributed by atoms with Crippen LogP contribution in [-0.2, 0) is 16.1 Å². The zero-order chi connectivity index (χ0) is 26.5. The number of carbonyl (C=O) groups is 3. The molecule has 0 aromatic heterocycles. The van der Waals surface area contributed by atoms with Gasteiger partial charge in [-0.15, -0.1) is 0 Å². The van der Waals surface area contributed by atoms with E-state index in [1.807, 2.05) is 0 Å². The molecule has 9 nitrogen and oxygen atoms in total. The first-order chi connectivity index (χ1) is 17.8. The van der Waals surface area contributed by atoms with Crippen LogP contribution in [0.3, 0.4) is 0 Å². The number of hydrogen-bond acceptors (Lipinski definition) is 6. The number of hydrogen-bond donors (Lipinski definition) is 1. The first-order valence-electron chi connectivity index (χ1n) is 11.4. The number of halogens is 1. The summed E-state index contributed by atoms with van der Waals surface area (Å²) in [6.45, 7) is 0.129. The number of nitrogens with one attached hydrogen (secondary N) is 1. The fourth-order valence-electron chi connectivity index (χ4n) is 4.04. The molecule has 192 valence electrons. The zero-order valence-corrected chi connectivity index (χ0v) is 21.3. The number of imide groups is 1. The lowest BCUT2D eigenvalue weighted by atomic mass is 10.1. The van der Waals surface area contributed by atoms with Crippen LogP contribution >= 0.6 is 11.6 Å². The van der Waals surface area contributed by atoms with Crippen molar-refractivity contribution in [1.82, 2.24) is 4.90 Å². The van der Waals surface area contributed by atoms with E-state index in [1.165, 1.54) is 19.1 Å². The third-order valence-electron chi connectivity index (χ3n) is 5.93. The van der Waals surface area contributed by atoms with Gasteiger partial charge in [0.25, 0.3) is 5.91 Å². The molecule has 10 heteroatoms. The molecule has 1 aliphatic heterocycles. The van der Waals surface area contributed by atoms with E-state index in [0.717, 1.165) is 10.5 Å². The van der Waals surface area contributed by atoms with Gasteiger partial charge in [0, 0.05) is 35.5 Å². The molecule has 37 heavy (non-hydrogen) atoms. The van der Waals surface area contributed by atoms with Crippen molar-refractivity contribution in [1.29, 1.82) is 0 Å². The summed E-state index contributed by atoms with van der Waals surface area (Å²) in [6, 6.07) is 16.9. The third-order valence-corrected chi connectivity index (χ3v) is 6.18. The fraction of sp³-hybridized carbons (Fsp3) is 0.222. The second-order valence-electron chi connectivity index (χ2n) is 8.28. The molecule has 3 aromatic rings. The highest BCUT2D eigenvalue weighted by Gasteiger charge is 2.46. The largest absolute Gasteiger partial charge is 0.497 e. The summed E-state index contributed by atoms with van der Waals surface area (Å²) in [5, 5.41) is 3.25. The standard InChI is InChI=1S/C27H26ClN3O6/c1-35-21-10-4-17(5-11-21)16-30-24(26(33)31(27(30)34)20-8-6-18(28)7-9-20)15-25(32)29-19-12-22(36-2)14-23(13-19)37-3/h4-14,24H,15-16H2,1-3H3,(H,29,32)/t24-/m1/s1. The van der Waals surface area contributed by atoms with Crippen LogP contribution in [0, 0.1) is 0 Å². The van der Waals surface area contributed by atoms with Crippen LogP contribution < -0.4 is 24.4 Å². The number of rotatable bonds is 9. The van der Waals surface area contributed by atoms with Gasteiger partial charge < -0.3 is 24.4 Å². The van der Waals surface area contributed by atoms with E-state index < -0.39 is 23.9 Å². The maximum atomic E-state index is 13.5. The van der Waals surface area contributed by atoms with Crippen molar-refractivity contribution in [2.24, 2.45) is 0 Å². The number of urea groups is 1. The lowest BCUT2D eigenvalue weighted by Gasteiger charge is -2.22. The van der Waals surface area contributed by atoms with Gasteiger partial charge in [0.2, 0.25) is 5.91 Å². The van der Waals surface area contributed by atoms with E-state index in [1.54, 1.807) is 73.8 Å². The second kappa shape index (κ2) is 11.2. The summed E-state index contributed by atoms with van der Waals surface area (Å²) in [6.07, 6.45) is -0.246. The molecule has 1 atom stereocenters. The van der Waals surface area contributed by atoms with Crippen LogP contribution in [0.5, 0.6) is 17.2 Å². The molecule has 1 saturated heterocycles. The minimum absolute atomic E-state index is 0.129. The summed E-state index contributed by atoms with van der Waals surface area (Å²) in [4.78, 5) is 42.5. The molecular formula is C27H26ClN3O6. The number of nitrogens with zero attached hydrogens (tertiary/aromatic N) is 2. The van der Waals surface area contributed by atoms with Gasteiger partial charge in [-0.2, -0.15) is 0 Å². The number of benzene rings is 3. The number of amides is 4. The van der Waals surface area contributed by atoms with Crippen LogP contribution in [0.2, 0.25) is 5.02 Å². The van der Waals surface area contributed by atoms with E-state index in [0.29, 0.717) is 33.6 Å². The Hall–Kier alpha value is -4.24. The minimum Gasteiger partial charge on any atom is -0.497 e. The van der Waals surface area contributed by atoms with Crippen molar-refractivity contribution in [3.8, 4) is 17.2 Å². The molecule has 4 rings (SSSR count). The summed E-state index contributed by atoms with van der Waals surface area (Å²) in [5.74, 6) is 0.715. The van der Waals surface area contributed by atoms with Gasteiger partial charge in [-0.3, -0.25) is 9.59 Å². The van der Waals surface area contributed by atoms with Gasteiger partial charge >= 0.3 is 6.03 Å². The van der Waals surface area contributed by atoms with Crippen molar-refractivity contribution in [2.45, 2.75) is 19.0 Å². The Bertz CT molecular complexity index is 1270. The Morgan fingerprint density at radius 2 is 1.46 bits per heavy atom. The molecule has 0 unspecified atom stereocenters. The SMILES string of the molecule is COc1ccc(CN2C(=O)N(c3ccc(Cl)cc3)C(=O)[C@H]2CC(=O)Nc2cc(OC)cc(OC)c2)cc1. The van der Waals surface area contributed by atoms with E-state index >= 15 is 0 Å². The molecular weight excluding hydrogens is 498 g/mol. The maximum absolute atomic E-state index is 13.5. The highest BCUT2D eigenvalue weighted by molar-refractivity contribution is 6.30. The average Bonchev–Trinajstić information content (AvgIpc) is 3.13. The van der Waals surface area contributed by atoms with Crippen LogP contribution in [-0.4, -0.2) is 50.1 Å². The molecule has 3 aromatic carbocycles. The number of carbonyl (C=O) groups excluding carboxylic acids is 3. The third kappa shape index (κ3) is 5.78. The van der Waals surface area contributed by atoms with E-state index in [2.05, 4.69) is 5.32 Å². The Kier molecular flexibility index (Phi) is 7.83. The highest BCUT2D eigenvalue weighted by atomic mass is 35.5. The van der Waals surface area contributed by atoms with Gasteiger partial charge in [-0.25, -0.2) is 9.69 Å². The van der Waals surface area contributed by atoms with Crippen LogP contribution in [0.25, 0.3) is 0 Å². The molecule has 0 aliphatic carbocycles. The monoisotopic (exact) mass is 523 g/mol. The quantitative estimate of drug-likeness (QED) is 0.407. The summed E-state index contributed by atoms with van der Waals surface area (Å²) in [7, 11) is 4.57. The molecule has 1 fully saturated rings. The lowest BCUT2D eigenvalue weighted by molar-refractivity contribution is -0.124. The molecule has 0 radical (unpaired) electrons. The van der Waals surface area contributed by atoms with Gasteiger partial charge in [0.15, 0.2) is 0 Å². The molecule has 0 bridgehead atoms. The Morgan fingerprint density at radius 1 is 0.865 bits per heavy atom. The van der Waals surface area contributed by atoms with Crippen molar-refractivity contribution in [3.63, 3.8) is 0 Å². The number of anilines is 2. The van der Waals surface area contributed by atoms with E-state index in [9.17, 15) is 14.4 Å². The van der Waals surface area contributed by atoms with Crippen molar-refractivity contribution >= 4 is 40.8 Å². The number of methoxy groups -OCH3 is 3. The molecule has 0 saturated carbocycles. The number of ether oxygens (including phenoxy) is 3. The average molecular weight is 524 g/mol. The van der Waals surface area contributed by atoms with Gasteiger partial charge in [0.1, 0.15) is 23.3 Å². The van der Waals surface area contributed by atoms with Crippen molar-refractivity contribution in [3.05, 3.63) is 77.3 Å². The predicted molar refractivity (Wildman–Crippen MR) is 139 cm³/mol. The Morgan fingerprint density at radius 3 is 2.03 bits per heavy atom. The van der Waals surface area contributed by atoms with Gasteiger partial charge in [-0.05, 0) is 42.0 Å². The molecule has 1 heterocycles. The molecule has 4 amide bonds. The molecule has 0 spiro atoms. The van der Waals surface area contributed by atoms with Gasteiger partial charge in [-0.1, -0.05) is 23.7 Å². The van der Waals surface area contributed by atoms with Crippen LogP contribution in [0.1, 0.15) is 12.0 Å². The topological polar surface area (TPSA) is 97.4 Å². The summed E-state index contributed by atoms with van der Waals surface area (Å²) >= 11 is 5.99. The lowest BCUT2D eigenvalue weighted by Crippen LogP contribution is -2.37.